The van der Waals surface area contributed by atoms with Gasteiger partial charge >= 0.3 is 6.09 Å². The van der Waals surface area contributed by atoms with Gasteiger partial charge in [-0.05, 0) is 50.8 Å². The summed E-state index contributed by atoms with van der Waals surface area (Å²) in [5.74, 6) is -1.09. The molecule has 2 rings (SSSR count). The highest BCUT2D eigenvalue weighted by Gasteiger charge is 2.36. The Morgan fingerprint density at radius 2 is 1.89 bits per heavy atom. The van der Waals surface area contributed by atoms with Crippen molar-refractivity contribution >= 4 is 24.0 Å². The second-order valence-corrected chi connectivity index (χ2v) is 9.76. The summed E-state index contributed by atoms with van der Waals surface area (Å²) in [4.78, 5) is 40.6. The van der Waals surface area contributed by atoms with Crippen LogP contribution in [0.5, 0.6) is 0 Å². The number of aliphatic hydroxyl groups is 2. The fourth-order valence-electron chi connectivity index (χ4n) is 4.17. The molecule has 1 saturated carbocycles. The van der Waals surface area contributed by atoms with E-state index in [4.69, 9.17) is 4.74 Å². The third-order valence-electron chi connectivity index (χ3n) is 5.77. The van der Waals surface area contributed by atoms with Crippen LogP contribution in [-0.4, -0.2) is 70.5 Å². The lowest BCUT2D eigenvalue weighted by atomic mass is 9.94. The van der Waals surface area contributed by atoms with Crippen LogP contribution in [0.2, 0.25) is 0 Å². The maximum atomic E-state index is 13.6. The van der Waals surface area contributed by atoms with Crippen molar-refractivity contribution in [1.29, 1.82) is 0 Å². The molecule has 35 heavy (non-hydrogen) atoms. The standard InChI is InChI=1S/C26H39N3O6/c1-5-18-10-9-11-19(16-18)22(23(32)27-20-12-7-6-8-13-20)29(14-15-30)24(33)21(17-31)28-25(34)35-26(2,3)4/h5,9-11,16,20-22,30-31H,1,6-8,12-15,17H2,2-4H3,(H,27,32)(H,28,34). The molecular weight excluding hydrogens is 450 g/mol. The largest absolute Gasteiger partial charge is 0.444 e. The maximum absolute atomic E-state index is 13.6. The van der Waals surface area contributed by atoms with Crippen molar-refractivity contribution in [3.8, 4) is 0 Å². The van der Waals surface area contributed by atoms with Crippen molar-refractivity contribution in [3.05, 3.63) is 42.0 Å². The van der Waals surface area contributed by atoms with E-state index in [0.717, 1.165) is 37.7 Å². The van der Waals surface area contributed by atoms with Crippen LogP contribution >= 0.6 is 0 Å². The van der Waals surface area contributed by atoms with E-state index in [9.17, 15) is 24.6 Å². The SMILES string of the molecule is C=Cc1cccc(C(C(=O)NC2CCCCC2)N(CCO)C(=O)C(CO)NC(=O)OC(C)(C)C)c1. The van der Waals surface area contributed by atoms with Gasteiger partial charge in [0.15, 0.2) is 0 Å². The maximum Gasteiger partial charge on any atom is 0.408 e. The molecule has 0 bridgehead atoms. The number of rotatable bonds is 10. The number of carbonyl (C=O) groups excluding carboxylic acids is 3. The molecule has 9 nitrogen and oxygen atoms in total. The molecule has 1 aliphatic carbocycles. The van der Waals surface area contributed by atoms with Crippen LogP contribution in [0.1, 0.15) is 70.0 Å². The molecule has 0 saturated heterocycles. The average molecular weight is 490 g/mol. The lowest BCUT2D eigenvalue weighted by Gasteiger charge is -2.35. The topological polar surface area (TPSA) is 128 Å². The third-order valence-corrected chi connectivity index (χ3v) is 5.77. The normalized spacial score (nSPS) is 16.0. The Balaban J connectivity index is 2.38. The van der Waals surface area contributed by atoms with Gasteiger partial charge in [0.05, 0.1) is 13.2 Å². The summed E-state index contributed by atoms with van der Waals surface area (Å²) >= 11 is 0. The summed E-state index contributed by atoms with van der Waals surface area (Å²) in [6.45, 7) is 7.52. The number of aliphatic hydroxyl groups excluding tert-OH is 2. The number of nitrogens with zero attached hydrogens (tertiary/aromatic N) is 1. The quantitative estimate of drug-likeness (QED) is 0.400. The molecule has 1 fully saturated rings. The highest BCUT2D eigenvalue weighted by molar-refractivity contribution is 5.92. The number of benzene rings is 1. The Morgan fingerprint density at radius 3 is 2.46 bits per heavy atom. The van der Waals surface area contributed by atoms with Crippen LogP contribution in [0.3, 0.4) is 0 Å². The summed E-state index contributed by atoms with van der Waals surface area (Å²) in [6.07, 6.45) is 5.65. The first-order chi connectivity index (χ1) is 16.6. The first-order valence-electron chi connectivity index (χ1n) is 12.1. The third kappa shape index (κ3) is 8.67. The van der Waals surface area contributed by atoms with E-state index >= 15 is 0 Å². The van der Waals surface area contributed by atoms with Gasteiger partial charge in [-0.1, -0.05) is 50.1 Å². The first kappa shape index (κ1) is 28.3. The van der Waals surface area contributed by atoms with Gasteiger partial charge in [-0.25, -0.2) is 4.79 Å². The van der Waals surface area contributed by atoms with E-state index in [2.05, 4.69) is 17.2 Å². The molecule has 2 unspecified atom stereocenters. The summed E-state index contributed by atoms with van der Waals surface area (Å²) in [7, 11) is 0. The number of carbonyl (C=O) groups is 3. The van der Waals surface area contributed by atoms with Crippen molar-refractivity contribution in [3.63, 3.8) is 0 Å². The molecule has 194 valence electrons. The molecule has 2 atom stereocenters. The molecule has 1 aliphatic rings. The average Bonchev–Trinajstić information content (AvgIpc) is 2.81. The zero-order valence-electron chi connectivity index (χ0n) is 21.0. The van der Waals surface area contributed by atoms with Crippen LogP contribution in [0.15, 0.2) is 30.8 Å². The van der Waals surface area contributed by atoms with E-state index in [-0.39, 0.29) is 18.5 Å². The zero-order valence-corrected chi connectivity index (χ0v) is 21.0. The van der Waals surface area contributed by atoms with Gasteiger partial charge in [0, 0.05) is 12.6 Å². The highest BCUT2D eigenvalue weighted by Crippen LogP contribution is 2.26. The molecule has 3 amide bonds. The van der Waals surface area contributed by atoms with E-state index in [0.29, 0.717) is 5.56 Å². The first-order valence-corrected chi connectivity index (χ1v) is 12.1. The number of ether oxygens (including phenoxy) is 1. The summed E-state index contributed by atoms with van der Waals surface area (Å²) in [5, 5.41) is 25.1. The number of amides is 3. The van der Waals surface area contributed by atoms with E-state index < -0.39 is 42.9 Å². The number of nitrogens with one attached hydrogen (secondary N) is 2. The molecular formula is C26H39N3O6. The Hall–Kier alpha value is -2.91. The number of alkyl carbamates (subject to hydrolysis) is 1. The predicted octanol–water partition coefficient (Wildman–Crippen LogP) is 2.53. The van der Waals surface area contributed by atoms with Gasteiger partial charge in [-0.15, -0.1) is 0 Å². The van der Waals surface area contributed by atoms with Crippen molar-refractivity contribution in [1.82, 2.24) is 15.5 Å². The Kier molecular flexibility index (Phi) is 10.7. The van der Waals surface area contributed by atoms with Gasteiger partial charge in [0.1, 0.15) is 17.7 Å². The molecule has 0 aromatic heterocycles. The second-order valence-electron chi connectivity index (χ2n) is 9.76. The Morgan fingerprint density at radius 1 is 1.20 bits per heavy atom. The molecule has 0 spiro atoms. The van der Waals surface area contributed by atoms with Crippen LogP contribution in [0.4, 0.5) is 4.79 Å². The van der Waals surface area contributed by atoms with Gasteiger partial charge < -0.3 is 30.5 Å². The Labute approximate surface area is 207 Å². The van der Waals surface area contributed by atoms with Gasteiger partial charge in [-0.3, -0.25) is 9.59 Å². The van der Waals surface area contributed by atoms with Crippen molar-refractivity contribution in [2.24, 2.45) is 0 Å². The fourth-order valence-corrected chi connectivity index (χ4v) is 4.17. The monoisotopic (exact) mass is 489 g/mol. The van der Waals surface area contributed by atoms with Gasteiger partial charge in [0.2, 0.25) is 11.8 Å². The smallest absolute Gasteiger partial charge is 0.408 e. The molecule has 1 aromatic rings. The molecule has 1 aromatic carbocycles. The van der Waals surface area contributed by atoms with E-state index in [1.807, 2.05) is 6.07 Å². The minimum Gasteiger partial charge on any atom is -0.444 e. The summed E-state index contributed by atoms with van der Waals surface area (Å²) < 4.78 is 5.21. The molecule has 0 heterocycles. The van der Waals surface area contributed by atoms with Crippen molar-refractivity contribution < 1.29 is 29.3 Å². The highest BCUT2D eigenvalue weighted by atomic mass is 16.6. The molecule has 0 aliphatic heterocycles. The van der Waals surface area contributed by atoms with Crippen LogP contribution in [0.25, 0.3) is 6.08 Å². The molecule has 9 heteroatoms. The minimum atomic E-state index is -1.36. The van der Waals surface area contributed by atoms with Crippen LogP contribution < -0.4 is 10.6 Å². The van der Waals surface area contributed by atoms with Crippen LogP contribution in [-0.2, 0) is 14.3 Å². The molecule has 4 N–H and O–H groups in total. The lowest BCUT2D eigenvalue weighted by molar-refractivity contribution is -0.144. The summed E-state index contributed by atoms with van der Waals surface area (Å²) in [6, 6.07) is 4.63. The lowest BCUT2D eigenvalue weighted by Crippen LogP contribution is -2.55. The number of hydrogen-bond donors (Lipinski definition) is 4. The molecule has 0 radical (unpaired) electrons. The predicted molar refractivity (Wildman–Crippen MR) is 133 cm³/mol. The number of hydrogen-bond acceptors (Lipinski definition) is 6. The van der Waals surface area contributed by atoms with Gasteiger partial charge in [0.25, 0.3) is 0 Å². The van der Waals surface area contributed by atoms with Crippen LogP contribution in [0, 0.1) is 0 Å². The minimum absolute atomic E-state index is 0.000873. The summed E-state index contributed by atoms with van der Waals surface area (Å²) in [5.41, 5.74) is 0.497. The van der Waals surface area contributed by atoms with E-state index in [1.165, 1.54) is 4.90 Å². The van der Waals surface area contributed by atoms with Crippen molar-refractivity contribution in [2.75, 3.05) is 19.8 Å². The second kappa shape index (κ2) is 13.3. The van der Waals surface area contributed by atoms with Gasteiger partial charge in [-0.2, -0.15) is 0 Å². The van der Waals surface area contributed by atoms with E-state index in [1.54, 1.807) is 45.0 Å². The fraction of sp³-hybridized carbons (Fsp3) is 0.577. The zero-order chi connectivity index (χ0) is 26.0. The Bertz CT molecular complexity index is 876. The van der Waals surface area contributed by atoms with Crippen molar-refractivity contribution in [2.45, 2.75) is 76.6 Å².